The molecule has 1 aromatic rings. The molecule has 0 heterocycles. The van der Waals surface area contributed by atoms with E-state index in [9.17, 15) is 9.59 Å². The van der Waals surface area contributed by atoms with Crippen molar-refractivity contribution in [1.29, 1.82) is 0 Å². The van der Waals surface area contributed by atoms with Crippen molar-refractivity contribution in [3.05, 3.63) is 64.2 Å². The predicted octanol–water partition coefficient (Wildman–Crippen LogP) is 4.63. The number of halogens is 2. The number of benzene rings is 1. The summed E-state index contributed by atoms with van der Waals surface area (Å²) in [5.41, 5.74) is 0.527. The number of rotatable bonds is 7. The van der Waals surface area contributed by atoms with Crippen LogP contribution in [0.2, 0.25) is 0 Å². The van der Waals surface area contributed by atoms with Crippen LogP contribution in [0.3, 0.4) is 0 Å². The topological polar surface area (TPSA) is 52.6 Å². The number of carbonyl (C=O) groups is 2. The Kier molecular flexibility index (Phi) is 7.29. The van der Waals surface area contributed by atoms with E-state index in [0.29, 0.717) is 34.4 Å². The Balaban J connectivity index is 1.89. The molecular weight excluding hydrogens is 363 g/mol. The lowest BCUT2D eigenvalue weighted by atomic mass is 9.99. The number of ether oxygens (including phenoxy) is 2. The molecule has 0 amide bonds. The first kappa shape index (κ1) is 19.3. The summed E-state index contributed by atoms with van der Waals surface area (Å²) in [5.74, 6) is -0.0115. The molecule has 2 rings (SSSR count). The number of hydrogen-bond donors (Lipinski definition) is 0. The molecule has 1 aliphatic carbocycles. The fourth-order valence-electron chi connectivity index (χ4n) is 2.17. The van der Waals surface area contributed by atoms with Crippen LogP contribution in [0.4, 0.5) is 0 Å². The Hall–Kier alpha value is -2.04. The highest BCUT2D eigenvalue weighted by Gasteiger charge is 2.12. The molecule has 132 valence electrons. The van der Waals surface area contributed by atoms with Crippen LogP contribution in [0, 0.1) is 5.92 Å². The average molecular weight is 381 g/mol. The summed E-state index contributed by atoms with van der Waals surface area (Å²) in [5, 5.41) is 1.13. The molecule has 4 nitrogen and oxygen atoms in total. The Morgan fingerprint density at radius 2 is 1.96 bits per heavy atom. The molecule has 6 heteroatoms. The van der Waals surface area contributed by atoms with E-state index in [1.54, 1.807) is 43.3 Å². The summed E-state index contributed by atoms with van der Waals surface area (Å²) in [6, 6.07) is 6.57. The van der Waals surface area contributed by atoms with Gasteiger partial charge in [-0.3, -0.25) is 4.79 Å². The molecule has 0 fully saturated rings. The zero-order valence-corrected chi connectivity index (χ0v) is 15.2. The van der Waals surface area contributed by atoms with Gasteiger partial charge in [0.2, 0.25) is 0 Å². The van der Waals surface area contributed by atoms with Crippen molar-refractivity contribution in [2.45, 2.75) is 13.3 Å². The molecule has 0 aromatic heterocycles. The van der Waals surface area contributed by atoms with Crippen molar-refractivity contribution in [2.24, 2.45) is 5.92 Å². The van der Waals surface area contributed by atoms with E-state index in [0.717, 1.165) is 0 Å². The van der Waals surface area contributed by atoms with Crippen LogP contribution >= 0.6 is 23.2 Å². The number of hydrogen-bond acceptors (Lipinski definition) is 4. The van der Waals surface area contributed by atoms with Gasteiger partial charge in [0.05, 0.1) is 11.6 Å². The standard InChI is InChI=1S/C19H18Cl2O4/c1-2-24-19(23)12-25-15-7-5-14(6-8-15)18(22)10-4-13-3-9-16(20)17(21)11-13/h3-10,13H,2,11-12H2,1H3. The lowest BCUT2D eigenvalue weighted by Gasteiger charge is -2.12. The van der Waals surface area contributed by atoms with Gasteiger partial charge < -0.3 is 9.47 Å². The lowest BCUT2D eigenvalue weighted by molar-refractivity contribution is -0.145. The van der Waals surface area contributed by atoms with Gasteiger partial charge in [-0.15, -0.1) is 0 Å². The van der Waals surface area contributed by atoms with Crippen molar-refractivity contribution >= 4 is 35.0 Å². The van der Waals surface area contributed by atoms with Crippen LogP contribution in [-0.2, 0) is 9.53 Å². The van der Waals surface area contributed by atoms with Crippen molar-refractivity contribution in [2.75, 3.05) is 13.2 Å². The average Bonchev–Trinajstić information content (AvgIpc) is 2.61. The summed E-state index contributed by atoms with van der Waals surface area (Å²) >= 11 is 11.9. The Labute approximate surface area is 156 Å². The van der Waals surface area contributed by atoms with Gasteiger partial charge >= 0.3 is 5.97 Å². The monoisotopic (exact) mass is 380 g/mol. The van der Waals surface area contributed by atoms with E-state index in [1.165, 1.54) is 6.08 Å². The van der Waals surface area contributed by atoms with Gasteiger partial charge in [-0.05, 0) is 49.8 Å². The van der Waals surface area contributed by atoms with Gasteiger partial charge in [0.15, 0.2) is 12.4 Å². The summed E-state index contributed by atoms with van der Waals surface area (Å²) in [6.07, 6.45) is 7.55. The Bertz CT molecular complexity index is 717. The molecule has 0 bridgehead atoms. The molecular formula is C19H18Cl2O4. The minimum absolute atomic E-state index is 0.0473. The van der Waals surface area contributed by atoms with E-state index in [1.807, 2.05) is 6.08 Å². The van der Waals surface area contributed by atoms with Crippen molar-refractivity contribution < 1.29 is 19.1 Å². The SMILES string of the molecule is CCOC(=O)COc1ccc(C(=O)C=CC2C=CC(Cl)=C(Cl)C2)cc1. The van der Waals surface area contributed by atoms with Gasteiger partial charge in [0.25, 0.3) is 0 Å². The second-order valence-electron chi connectivity index (χ2n) is 5.32. The lowest BCUT2D eigenvalue weighted by Crippen LogP contribution is -2.14. The molecule has 0 saturated heterocycles. The van der Waals surface area contributed by atoms with Crippen LogP contribution in [0.5, 0.6) is 5.75 Å². The maximum atomic E-state index is 12.2. The van der Waals surface area contributed by atoms with E-state index in [2.05, 4.69) is 0 Å². The smallest absolute Gasteiger partial charge is 0.344 e. The third-order valence-corrected chi connectivity index (χ3v) is 4.27. The van der Waals surface area contributed by atoms with E-state index < -0.39 is 5.97 Å². The fraction of sp³-hybridized carbons (Fsp3) is 0.263. The highest BCUT2D eigenvalue weighted by molar-refractivity contribution is 6.40. The number of esters is 1. The molecule has 0 radical (unpaired) electrons. The van der Waals surface area contributed by atoms with Crippen LogP contribution in [-0.4, -0.2) is 25.0 Å². The normalized spacial score (nSPS) is 17.0. The second kappa shape index (κ2) is 9.44. The van der Waals surface area contributed by atoms with E-state index in [-0.39, 0.29) is 18.3 Å². The van der Waals surface area contributed by atoms with E-state index >= 15 is 0 Å². The van der Waals surface area contributed by atoms with Crippen molar-refractivity contribution in [1.82, 2.24) is 0 Å². The van der Waals surface area contributed by atoms with Crippen LogP contribution in [0.15, 0.2) is 58.6 Å². The largest absolute Gasteiger partial charge is 0.482 e. The highest BCUT2D eigenvalue weighted by atomic mass is 35.5. The summed E-state index contributed by atoms with van der Waals surface area (Å²) < 4.78 is 10.1. The van der Waals surface area contributed by atoms with Gasteiger partial charge in [0, 0.05) is 16.5 Å². The molecule has 1 aliphatic rings. The number of ketones is 1. The number of allylic oxidation sites excluding steroid dienone is 6. The Morgan fingerprint density at radius 3 is 2.60 bits per heavy atom. The Morgan fingerprint density at radius 1 is 1.24 bits per heavy atom. The number of carbonyl (C=O) groups excluding carboxylic acids is 2. The first-order chi connectivity index (χ1) is 12.0. The molecule has 25 heavy (non-hydrogen) atoms. The van der Waals surface area contributed by atoms with Gasteiger partial charge in [-0.25, -0.2) is 4.79 Å². The maximum Gasteiger partial charge on any atom is 0.344 e. The van der Waals surface area contributed by atoms with Gasteiger partial charge in [-0.2, -0.15) is 0 Å². The highest BCUT2D eigenvalue weighted by Crippen LogP contribution is 2.29. The van der Waals surface area contributed by atoms with Gasteiger partial charge in [-0.1, -0.05) is 35.4 Å². The summed E-state index contributed by atoms with van der Waals surface area (Å²) in [7, 11) is 0. The quantitative estimate of drug-likeness (QED) is 0.393. The van der Waals surface area contributed by atoms with Crippen molar-refractivity contribution in [3.8, 4) is 5.75 Å². The zero-order chi connectivity index (χ0) is 18.2. The van der Waals surface area contributed by atoms with Gasteiger partial charge in [0.1, 0.15) is 5.75 Å². The third kappa shape index (κ3) is 6.07. The summed E-state index contributed by atoms with van der Waals surface area (Å²) in [6.45, 7) is 1.88. The summed E-state index contributed by atoms with van der Waals surface area (Å²) in [4.78, 5) is 23.4. The van der Waals surface area contributed by atoms with Crippen LogP contribution in [0.25, 0.3) is 0 Å². The minimum Gasteiger partial charge on any atom is -0.482 e. The molecule has 0 aliphatic heterocycles. The molecule has 0 saturated carbocycles. The fourth-order valence-corrected chi connectivity index (χ4v) is 2.56. The van der Waals surface area contributed by atoms with E-state index in [4.69, 9.17) is 32.7 Å². The minimum atomic E-state index is -0.432. The first-order valence-corrected chi connectivity index (χ1v) is 8.58. The molecule has 1 aromatic carbocycles. The third-order valence-electron chi connectivity index (χ3n) is 3.46. The molecule has 1 atom stereocenters. The zero-order valence-electron chi connectivity index (χ0n) is 13.7. The van der Waals surface area contributed by atoms with Crippen molar-refractivity contribution in [3.63, 3.8) is 0 Å². The van der Waals surface area contributed by atoms with Crippen LogP contribution < -0.4 is 4.74 Å². The van der Waals surface area contributed by atoms with Crippen LogP contribution in [0.1, 0.15) is 23.7 Å². The second-order valence-corrected chi connectivity index (χ2v) is 6.18. The molecule has 0 N–H and O–H groups in total. The molecule has 0 spiro atoms. The maximum absolute atomic E-state index is 12.2. The molecule has 1 unspecified atom stereocenters. The predicted molar refractivity (Wildman–Crippen MR) is 98.0 cm³/mol. The first-order valence-electron chi connectivity index (χ1n) is 7.83.